The van der Waals surface area contributed by atoms with Crippen molar-refractivity contribution in [3.05, 3.63) is 65.9 Å². The highest BCUT2D eigenvalue weighted by atomic mass is 32.2. The van der Waals surface area contributed by atoms with Crippen LogP contribution < -0.4 is 9.04 Å². The van der Waals surface area contributed by atoms with Crippen LogP contribution in [0.3, 0.4) is 0 Å². The summed E-state index contributed by atoms with van der Waals surface area (Å²) in [4.78, 5) is 27.2. The minimum atomic E-state index is -3.88. The van der Waals surface area contributed by atoms with Crippen molar-refractivity contribution >= 4 is 27.6 Å². The number of amides is 1. The van der Waals surface area contributed by atoms with Crippen LogP contribution in [-0.2, 0) is 19.6 Å². The Kier molecular flexibility index (Phi) is 7.45. The van der Waals surface area contributed by atoms with Gasteiger partial charge in [-0.25, -0.2) is 13.2 Å². The van der Waals surface area contributed by atoms with Gasteiger partial charge in [-0.15, -0.1) is 0 Å². The fraction of sp³-hybridized carbons (Fsp3) is 0.385. The monoisotopic (exact) mass is 498 g/mol. The molecule has 0 saturated heterocycles. The number of esters is 1. The lowest BCUT2D eigenvalue weighted by Gasteiger charge is -2.27. The quantitative estimate of drug-likeness (QED) is 0.483. The topological polar surface area (TPSA) is 93.2 Å². The summed E-state index contributed by atoms with van der Waals surface area (Å²) >= 11 is 0. The number of rotatable bonds is 9. The molecule has 0 heterocycles. The van der Waals surface area contributed by atoms with Crippen molar-refractivity contribution in [3.63, 3.8) is 0 Å². The average Bonchev–Trinajstić information content (AvgIpc) is 3.72. The summed E-state index contributed by atoms with van der Waals surface area (Å²) in [6.45, 7) is -0.344. The molecule has 8 nitrogen and oxygen atoms in total. The first kappa shape index (κ1) is 24.8. The molecule has 1 fully saturated rings. The highest BCUT2D eigenvalue weighted by Gasteiger charge is 2.35. The fourth-order valence-electron chi connectivity index (χ4n) is 4.19. The second kappa shape index (κ2) is 10.5. The fourth-order valence-corrected chi connectivity index (χ4v) is 5.40. The number of ether oxygens (including phenoxy) is 2. The number of nitrogens with zero attached hydrogens (tertiary/aromatic N) is 2. The smallest absolute Gasteiger partial charge is 0.338 e. The highest BCUT2D eigenvalue weighted by Crippen LogP contribution is 2.34. The van der Waals surface area contributed by atoms with Gasteiger partial charge in [0, 0.05) is 18.8 Å². The molecule has 9 heteroatoms. The molecule has 0 N–H and O–H groups in total. The molecule has 0 bridgehead atoms. The number of benzene rings is 2. The molecule has 2 aromatic carbocycles. The molecule has 4 rings (SSSR count). The summed E-state index contributed by atoms with van der Waals surface area (Å²) in [7, 11) is -0.973. The minimum Gasteiger partial charge on any atom is -0.495 e. The molecule has 2 aliphatic rings. The molecule has 186 valence electrons. The van der Waals surface area contributed by atoms with Gasteiger partial charge < -0.3 is 14.4 Å². The minimum absolute atomic E-state index is 0.0164. The third-order valence-electron chi connectivity index (χ3n) is 6.26. The van der Waals surface area contributed by atoms with Gasteiger partial charge in [0.05, 0.1) is 23.3 Å². The van der Waals surface area contributed by atoms with Crippen molar-refractivity contribution in [2.24, 2.45) is 0 Å². The van der Waals surface area contributed by atoms with Crippen LogP contribution in [0.2, 0.25) is 0 Å². The van der Waals surface area contributed by atoms with Crippen LogP contribution in [0.25, 0.3) is 0 Å². The Labute approximate surface area is 206 Å². The van der Waals surface area contributed by atoms with Gasteiger partial charge in [0.1, 0.15) is 5.75 Å². The summed E-state index contributed by atoms with van der Waals surface area (Å²) in [5, 5.41) is 0. The van der Waals surface area contributed by atoms with Crippen LogP contribution >= 0.6 is 0 Å². The lowest BCUT2D eigenvalue weighted by atomic mass is 10.0. The molecule has 0 unspecified atom stereocenters. The van der Waals surface area contributed by atoms with E-state index in [-0.39, 0.29) is 29.0 Å². The zero-order chi connectivity index (χ0) is 25.0. The number of carbonyl (C=O) groups is 2. The van der Waals surface area contributed by atoms with Gasteiger partial charge in [0.15, 0.2) is 6.61 Å². The molecule has 1 saturated carbocycles. The Morgan fingerprint density at radius 1 is 1.03 bits per heavy atom. The third-order valence-corrected chi connectivity index (χ3v) is 8.04. The van der Waals surface area contributed by atoms with E-state index in [1.54, 1.807) is 29.2 Å². The van der Waals surface area contributed by atoms with Crippen LogP contribution in [0.4, 0.5) is 5.69 Å². The number of anilines is 1. The van der Waals surface area contributed by atoms with E-state index in [4.69, 9.17) is 9.47 Å². The predicted molar refractivity (Wildman–Crippen MR) is 132 cm³/mol. The van der Waals surface area contributed by atoms with Crippen LogP contribution in [0.5, 0.6) is 5.75 Å². The second-order valence-corrected chi connectivity index (χ2v) is 10.7. The molecule has 1 amide bonds. The van der Waals surface area contributed by atoms with E-state index in [9.17, 15) is 18.0 Å². The molecule has 0 aromatic heterocycles. The van der Waals surface area contributed by atoms with Crippen LogP contribution in [-0.4, -0.2) is 52.0 Å². The van der Waals surface area contributed by atoms with Crippen LogP contribution in [0, 0.1) is 0 Å². The molecule has 0 aliphatic heterocycles. The highest BCUT2D eigenvalue weighted by molar-refractivity contribution is 7.92. The summed E-state index contributed by atoms with van der Waals surface area (Å²) in [6, 6.07) is 12.5. The Hall–Kier alpha value is -3.33. The lowest BCUT2D eigenvalue weighted by Crippen LogP contribution is -2.36. The van der Waals surface area contributed by atoms with Gasteiger partial charge >= 0.3 is 5.97 Å². The van der Waals surface area contributed by atoms with Gasteiger partial charge in [0.25, 0.3) is 15.9 Å². The number of hydrogen-bond acceptors (Lipinski definition) is 6. The number of hydrogen-bond donors (Lipinski definition) is 0. The van der Waals surface area contributed by atoms with E-state index in [0.29, 0.717) is 11.4 Å². The van der Waals surface area contributed by atoms with Gasteiger partial charge in [0.2, 0.25) is 0 Å². The largest absolute Gasteiger partial charge is 0.495 e. The molecule has 0 atom stereocenters. The summed E-state index contributed by atoms with van der Waals surface area (Å²) in [5.41, 5.74) is 1.60. The molecule has 35 heavy (non-hydrogen) atoms. The number of para-hydroxylation sites is 2. The van der Waals surface area contributed by atoms with E-state index in [0.717, 1.165) is 48.5 Å². The SMILES string of the molecule is COc1ccccc1N(C)S(=O)(=O)c1ccc(C(=O)OCC(=O)N(C2=CCCCC2)C2CC2)cc1. The molecule has 0 radical (unpaired) electrons. The number of allylic oxidation sites excluding steroid dienone is 2. The van der Waals surface area contributed by atoms with Crippen molar-refractivity contribution < 1.29 is 27.5 Å². The zero-order valence-electron chi connectivity index (χ0n) is 20.0. The normalized spacial score (nSPS) is 15.7. The predicted octanol–water partition coefficient (Wildman–Crippen LogP) is 4.13. The van der Waals surface area contributed by atoms with Gasteiger partial charge in [-0.05, 0) is 74.9 Å². The van der Waals surface area contributed by atoms with Crippen LogP contribution in [0.1, 0.15) is 48.9 Å². The Morgan fingerprint density at radius 3 is 2.37 bits per heavy atom. The Bertz CT molecular complexity index is 1220. The maximum atomic E-state index is 13.1. The summed E-state index contributed by atoms with van der Waals surface area (Å²) in [5.74, 6) is -0.465. The van der Waals surface area contributed by atoms with E-state index in [1.165, 1.54) is 38.4 Å². The van der Waals surface area contributed by atoms with Crippen molar-refractivity contribution in [2.45, 2.75) is 49.5 Å². The molecule has 2 aromatic rings. The maximum Gasteiger partial charge on any atom is 0.338 e. The number of carbonyl (C=O) groups excluding carboxylic acids is 2. The zero-order valence-corrected chi connectivity index (χ0v) is 20.8. The Morgan fingerprint density at radius 2 is 1.74 bits per heavy atom. The average molecular weight is 499 g/mol. The summed E-state index contributed by atoms with van der Waals surface area (Å²) in [6.07, 6.45) is 8.08. The van der Waals surface area contributed by atoms with Crippen molar-refractivity contribution in [1.29, 1.82) is 0 Å². The van der Waals surface area contributed by atoms with Gasteiger partial charge in [-0.3, -0.25) is 9.10 Å². The third kappa shape index (κ3) is 5.51. The first-order valence-electron chi connectivity index (χ1n) is 11.7. The van der Waals surface area contributed by atoms with Crippen molar-refractivity contribution in [2.75, 3.05) is 25.1 Å². The molecule has 0 spiro atoms. The summed E-state index contributed by atoms with van der Waals surface area (Å²) < 4.78 is 37.9. The lowest BCUT2D eigenvalue weighted by molar-refractivity contribution is -0.133. The molecular formula is C26H30N2O6S. The van der Waals surface area contributed by atoms with E-state index in [2.05, 4.69) is 6.08 Å². The maximum absolute atomic E-state index is 13.1. The number of methoxy groups -OCH3 is 1. The standard InChI is InChI=1S/C26H30N2O6S/c1-27(23-10-6-7-11-24(23)33-2)35(31,32)22-16-12-19(13-17-22)26(30)34-18-25(29)28(21-14-15-21)20-8-4-3-5-9-20/h6-8,10-13,16-17,21H,3-5,9,14-15,18H2,1-2H3. The second-order valence-electron chi connectivity index (χ2n) is 8.68. The van der Waals surface area contributed by atoms with Crippen molar-refractivity contribution in [3.8, 4) is 5.75 Å². The van der Waals surface area contributed by atoms with E-state index in [1.807, 2.05) is 0 Å². The first-order chi connectivity index (χ1) is 16.8. The molecular weight excluding hydrogens is 468 g/mol. The van der Waals surface area contributed by atoms with Crippen LogP contribution in [0.15, 0.2) is 65.2 Å². The Balaban J connectivity index is 1.41. The van der Waals surface area contributed by atoms with Gasteiger partial charge in [-0.1, -0.05) is 18.2 Å². The van der Waals surface area contributed by atoms with E-state index >= 15 is 0 Å². The van der Waals surface area contributed by atoms with Gasteiger partial charge in [-0.2, -0.15) is 0 Å². The first-order valence-corrected chi connectivity index (χ1v) is 13.2. The molecule has 2 aliphatic carbocycles. The van der Waals surface area contributed by atoms with Crippen molar-refractivity contribution in [1.82, 2.24) is 4.90 Å². The number of sulfonamides is 1. The van der Waals surface area contributed by atoms with E-state index < -0.39 is 16.0 Å².